The lowest BCUT2D eigenvalue weighted by atomic mass is 9.87. The van der Waals surface area contributed by atoms with Gasteiger partial charge < -0.3 is 10.4 Å². The van der Waals surface area contributed by atoms with Crippen LogP contribution in [-0.2, 0) is 0 Å². The third-order valence-electron chi connectivity index (χ3n) is 3.13. The van der Waals surface area contributed by atoms with Crippen LogP contribution in [0.3, 0.4) is 0 Å². The van der Waals surface area contributed by atoms with Gasteiger partial charge in [-0.2, -0.15) is 0 Å². The van der Waals surface area contributed by atoms with Crippen LogP contribution in [0.25, 0.3) is 0 Å². The average molecular weight is 255 g/mol. The van der Waals surface area contributed by atoms with Crippen LogP contribution in [-0.4, -0.2) is 18.3 Å². The highest BCUT2D eigenvalue weighted by Gasteiger charge is 2.19. The molecule has 0 radical (unpaired) electrons. The van der Waals surface area contributed by atoms with Crippen LogP contribution in [0.5, 0.6) is 0 Å². The van der Waals surface area contributed by atoms with Gasteiger partial charge >= 0.3 is 0 Å². The Morgan fingerprint density at radius 3 is 2.76 bits per heavy atom. The summed E-state index contributed by atoms with van der Waals surface area (Å²) in [7, 11) is 0. The maximum atomic E-state index is 8.88. The number of aliphatic hydroxyl groups is 1. The summed E-state index contributed by atoms with van der Waals surface area (Å²) < 4.78 is 0. The monoisotopic (exact) mass is 255 g/mol. The molecule has 1 rings (SSSR count). The van der Waals surface area contributed by atoms with Gasteiger partial charge in [0.25, 0.3) is 0 Å². The van der Waals surface area contributed by atoms with E-state index in [1.165, 1.54) is 4.88 Å². The van der Waals surface area contributed by atoms with E-state index in [1.54, 1.807) is 0 Å². The molecule has 0 aliphatic carbocycles. The van der Waals surface area contributed by atoms with Gasteiger partial charge in [-0.1, -0.05) is 26.8 Å². The van der Waals surface area contributed by atoms with Crippen LogP contribution in [0.15, 0.2) is 17.5 Å². The quantitative estimate of drug-likeness (QED) is 0.744. The molecule has 2 nitrogen and oxygen atoms in total. The van der Waals surface area contributed by atoms with E-state index in [1.807, 2.05) is 11.3 Å². The molecule has 3 heteroatoms. The van der Waals surface area contributed by atoms with Gasteiger partial charge in [-0.05, 0) is 36.1 Å². The number of nitrogens with one attached hydrogen (secondary N) is 1. The highest BCUT2D eigenvalue weighted by Crippen LogP contribution is 2.25. The minimum absolute atomic E-state index is 0.257. The molecule has 0 spiro atoms. The number of hydrogen-bond donors (Lipinski definition) is 2. The zero-order valence-corrected chi connectivity index (χ0v) is 12.0. The molecule has 1 aromatic rings. The molecule has 0 aromatic carbocycles. The van der Waals surface area contributed by atoms with Crippen molar-refractivity contribution in [2.24, 2.45) is 5.41 Å². The molecular weight excluding hydrogens is 230 g/mol. The van der Waals surface area contributed by atoms with Gasteiger partial charge in [-0.3, -0.25) is 0 Å². The van der Waals surface area contributed by atoms with Gasteiger partial charge in [0.05, 0.1) is 0 Å². The molecule has 17 heavy (non-hydrogen) atoms. The lowest BCUT2D eigenvalue weighted by molar-refractivity contribution is 0.231. The van der Waals surface area contributed by atoms with E-state index in [4.69, 9.17) is 5.11 Å². The second-order valence-electron chi connectivity index (χ2n) is 5.35. The first-order chi connectivity index (χ1) is 8.09. The van der Waals surface area contributed by atoms with Crippen LogP contribution < -0.4 is 5.32 Å². The highest BCUT2D eigenvalue weighted by molar-refractivity contribution is 7.10. The highest BCUT2D eigenvalue weighted by atomic mass is 32.1. The van der Waals surface area contributed by atoms with Crippen molar-refractivity contribution < 1.29 is 5.11 Å². The van der Waals surface area contributed by atoms with E-state index in [0.29, 0.717) is 12.6 Å². The van der Waals surface area contributed by atoms with Crippen molar-refractivity contribution in [2.45, 2.75) is 46.1 Å². The van der Waals surface area contributed by atoms with Crippen LogP contribution in [0.1, 0.15) is 51.0 Å². The van der Waals surface area contributed by atoms with E-state index in [9.17, 15) is 0 Å². The number of thiophene rings is 1. The van der Waals surface area contributed by atoms with Gasteiger partial charge in [0.2, 0.25) is 0 Å². The van der Waals surface area contributed by atoms with E-state index in [0.717, 1.165) is 25.8 Å². The van der Waals surface area contributed by atoms with Gasteiger partial charge in [-0.15, -0.1) is 11.3 Å². The normalized spacial score (nSPS) is 13.9. The average Bonchev–Trinajstić information content (AvgIpc) is 2.81. The molecule has 1 unspecified atom stereocenters. The summed E-state index contributed by atoms with van der Waals surface area (Å²) in [6.07, 6.45) is 3.08. The first-order valence-electron chi connectivity index (χ1n) is 6.46. The fourth-order valence-electron chi connectivity index (χ4n) is 1.98. The Balaban J connectivity index is 2.42. The van der Waals surface area contributed by atoms with Crippen molar-refractivity contribution in [3.63, 3.8) is 0 Å². The minimum Gasteiger partial charge on any atom is -0.396 e. The summed E-state index contributed by atoms with van der Waals surface area (Å²) in [5, 5.41) is 14.7. The summed E-state index contributed by atoms with van der Waals surface area (Å²) in [4.78, 5) is 1.42. The first-order valence-corrected chi connectivity index (χ1v) is 7.34. The van der Waals surface area contributed by atoms with Crippen molar-refractivity contribution in [3.05, 3.63) is 22.4 Å². The maximum Gasteiger partial charge on any atom is 0.0431 e. The lowest BCUT2D eigenvalue weighted by Gasteiger charge is -2.27. The molecule has 0 saturated carbocycles. The van der Waals surface area contributed by atoms with Gasteiger partial charge in [0.1, 0.15) is 0 Å². The molecule has 1 aromatic heterocycles. The van der Waals surface area contributed by atoms with E-state index in [2.05, 4.69) is 43.6 Å². The standard InChI is InChI=1S/C14H25NOS/c1-4-12(13-7-5-10-17-13)15-11-14(2,3)8-6-9-16/h5,7,10,12,15-16H,4,6,8-9,11H2,1-3H3. The van der Waals surface area contributed by atoms with Gasteiger partial charge in [-0.25, -0.2) is 0 Å². The SMILES string of the molecule is CCC(NCC(C)(C)CCCO)c1cccs1. The Bertz CT molecular complexity index is 295. The van der Waals surface area contributed by atoms with Gasteiger partial charge in [0.15, 0.2) is 0 Å². The van der Waals surface area contributed by atoms with E-state index < -0.39 is 0 Å². The van der Waals surface area contributed by atoms with E-state index in [-0.39, 0.29) is 5.41 Å². The Morgan fingerprint density at radius 2 is 2.24 bits per heavy atom. The number of hydrogen-bond acceptors (Lipinski definition) is 3. The predicted molar refractivity (Wildman–Crippen MR) is 75.5 cm³/mol. The molecule has 0 saturated heterocycles. The fourth-order valence-corrected chi connectivity index (χ4v) is 2.87. The molecule has 2 N–H and O–H groups in total. The van der Waals surface area contributed by atoms with Crippen molar-refractivity contribution in [2.75, 3.05) is 13.2 Å². The molecule has 0 bridgehead atoms. The zero-order valence-electron chi connectivity index (χ0n) is 11.2. The smallest absolute Gasteiger partial charge is 0.0431 e. The summed E-state index contributed by atoms with van der Waals surface area (Å²) >= 11 is 1.82. The second-order valence-corrected chi connectivity index (χ2v) is 6.33. The van der Waals surface area contributed by atoms with Crippen LogP contribution in [0, 0.1) is 5.41 Å². The molecule has 0 aliphatic heterocycles. The molecule has 0 aliphatic rings. The molecule has 98 valence electrons. The summed E-state index contributed by atoms with van der Waals surface area (Å²) in [6, 6.07) is 4.79. The second kappa shape index (κ2) is 7.14. The largest absolute Gasteiger partial charge is 0.396 e. The summed E-state index contributed by atoms with van der Waals surface area (Å²) in [6.45, 7) is 8.04. The Morgan fingerprint density at radius 1 is 1.47 bits per heavy atom. The summed E-state index contributed by atoms with van der Waals surface area (Å²) in [5.41, 5.74) is 0.257. The third kappa shape index (κ3) is 5.19. The zero-order chi connectivity index (χ0) is 12.7. The molecule has 0 amide bonds. The van der Waals surface area contributed by atoms with Gasteiger partial charge in [0, 0.05) is 24.1 Å². The Hall–Kier alpha value is -0.380. The predicted octanol–water partition coefficient (Wildman–Crippen LogP) is 3.59. The first kappa shape index (κ1) is 14.7. The molecule has 1 heterocycles. The summed E-state index contributed by atoms with van der Waals surface area (Å²) in [5.74, 6) is 0. The van der Waals surface area contributed by atoms with E-state index >= 15 is 0 Å². The van der Waals surface area contributed by atoms with Crippen LogP contribution in [0.2, 0.25) is 0 Å². The number of aliphatic hydroxyl groups excluding tert-OH is 1. The lowest BCUT2D eigenvalue weighted by Crippen LogP contribution is -2.32. The molecule has 0 fully saturated rings. The van der Waals surface area contributed by atoms with Crippen molar-refractivity contribution in [3.8, 4) is 0 Å². The van der Waals surface area contributed by atoms with Crippen LogP contribution >= 0.6 is 11.3 Å². The maximum absolute atomic E-state index is 8.88. The Kier molecular flexibility index (Phi) is 6.17. The Labute approximate surface area is 109 Å². The minimum atomic E-state index is 0.257. The fraction of sp³-hybridized carbons (Fsp3) is 0.714. The molecule has 1 atom stereocenters. The van der Waals surface area contributed by atoms with Crippen LogP contribution in [0.4, 0.5) is 0 Å². The molecular formula is C14H25NOS. The van der Waals surface area contributed by atoms with Crippen molar-refractivity contribution in [1.29, 1.82) is 0 Å². The topological polar surface area (TPSA) is 32.3 Å². The van der Waals surface area contributed by atoms with Crippen molar-refractivity contribution in [1.82, 2.24) is 5.32 Å². The van der Waals surface area contributed by atoms with Crippen molar-refractivity contribution >= 4 is 11.3 Å². The number of rotatable bonds is 8. The third-order valence-corrected chi connectivity index (χ3v) is 4.12.